The summed E-state index contributed by atoms with van der Waals surface area (Å²) in [6.45, 7) is 2.71. The number of rotatable bonds is 10. The zero-order valence-corrected chi connectivity index (χ0v) is 15.7. The lowest BCUT2D eigenvalue weighted by atomic mass is 9.85. The molecule has 0 spiro atoms. The fourth-order valence-corrected chi connectivity index (χ4v) is 3.30. The van der Waals surface area contributed by atoms with E-state index >= 15 is 0 Å². The molecule has 0 atom stereocenters. The van der Waals surface area contributed by atoms with Gasteiger partial charge in [0.15, 0.2) is 0 Å². The van der Waals surface area contributed by atoms with Gasteiger partial charge < -0.3 is 19.9 Å². The largest absolute Gasteiger partial charge is 0.497 e. The van der Waals surface area contributed by atoms with E-state index in [9.17, 15) is 9.59 Å². The van der Waals surface area contributed by atoms with Crippen molar-refractivity contribution in [1.82, 2.24) is 10.2 Å². The summed E-state index contributed by atoms with van der Waals surface area (Å²) in [6.07, 6.45) is 2.55. The molecule has 1 aromatic carbocycles. The Morgan fingerprint density at radius 3 is 2.58 bits per heavy atom. The average Bonchev–Trinajstić information content (AvgIpc) is 2.60. The van der Waals surface area contributed by atoms with E-state index < -0.39 is 5.97 Å². The SMILES string of the molecule is CCN(CC(=O)O)C1CC(NC(=O)CCc2cc(OC)ccc2OC)C1. The number of ether oxygens (including phenoxy) is 2. The van der Waals surface area contributed by atoms with Crippen LogP contribution in [0, 0.1) is 0 Å². The predicted molar refractivity (Wildman–Crippen MR) is 97.7 cm³/mol. The molecule has 2 rings (SSSR count). The zero-order chi connectivity index (χ0) is 19.1. The molecule has 1 saturated carbocycles. The Hall–Kier alpha value is -2.28. The van der Waals surface area contributed by atoms with Gasteiger partial charge in [-0.15, -0.1) is 0 Å². The lowest BCUT2D eigenvalue weighted by Gasteiger charge is -2.42. The summed E-state index contributed by atoms with van der Waals surface area (Å²) in [4.78, 5) is 25.0. The summed E-state index contributed by atoms with van der Waals surface area (Å²) in [5.74, 6) is 0.668. The molecule has 0 saturated heterocycles. The molecule has 26 heavy (non-hydrogen) atoms. The average molecular weight is 364 g/mol. The van der Waals surface area contributed by atoms with E-state index in [1.54, 1.807) is 14.2 Å². The summed E-state index contributed by atoms with van der Waals surface area (Å²) in [7, 11) is 3.21. The van der Waals surface area contributed by atoms with Crippen LogP contribution in [0.15, 0.2) is 18.2 Å². The van der Waals surface area contributed by atoms with Crippen molar-refractivity contribution in [3.8, 4) is 11.5 Å². The minimum Gasteiger partial charge on any atom is -0.497 e. The quantitative estimate of drug-likeness (QED) is 0.657. The van der Waals surface area contributed by atoms with E-state index in [0.29, 0.717) is 19.4 Å². The van der Waals surface area contributed by atoms with Gasteiger partial charge in [-0.2, -0.15) is 0 Å². The lowest BCUT2D eigenvalue weighted by molar-refractivity contribution is -0.139. The Balaban J connectivity index is 1.78. The lowest BCUT2D eigenvalue weighted by Crippen LogP contribution is -2.54. The Kier molecular flexibility index (Phi) is 7.26. The van der Waals surface area contributed by atoms with Crippen LogP contribution >= 0.6 is 0 Å². The highest BCUT2D eigenvalue weighted by atomic mass is 16.5. The number of hydrogen-bond acceptors (Lipinski definition) is 5. The number of likely N-dealkylation sites (N-methyl/N-ethyl adjacent to an activating group) is 1. The van der Waals surface area contributed by atoms with Crippen LogP contribution in [0.5, 0.6) is 11.5 Å². The van der Waals surface area contributed by atoms with E-state index in [1.165, 1.54) is 0 Å². The molecule has 0 heterocycles. The van der Waals surface area contributed by atoms with Gasteiger partial charge >= 0.3 is 5.97 Å². The molecule has 1 aliphatic carbocycles. The molecule has 0 unspecified atom stereocenters. The van der Waals surface area contributed by atoms with E-state index in [4.69, 9.17) is 14.6 Å². The van der Waals surface area contributed by atoms with Crippen molar-refractivity contribution in [2.75, 3.05) is 27.3 Å². The second kappa shape index (κ2) is 9.43. The number of carbonyl (C=O) groups excluding carboxylic acids is 1. The smallest absolute Gasteiger partial charge is 0.317 e. The van der Waals surface area contributed by atoms with E-state index in [-0.39, 0.29) is 24.5 Å². The van der Waals surface area contributed by atoms with Crippen molar-refractivity contribution in [2.45, 2.75) is 44.7 Å². The molecule has 1 aromatic rings. The molecule has 7 heteroatoms. The van der Waals surface area contributed by atoms with E-state index in [2.05, 4.69) is 5.32 Å². The minimum atomic E-state index is -0.813. The van der Waals surface area contributed by atoms with Crippen LogP contribution in [0.3, 0.4) is 0 Å². The first-order valence-corrected chi connectivity index (χ1v) is 8.92. The van der Waals surface area contributed by atoms with Crippen LogP contribution in [-0.2, 0) is 16.0 Å². The van der Waals surface area contributed by atoms with Crippen LogP contribution in [0.2, 0.25) is 0 Å². The molecular formula is C19H28N2O5. The second-order valence-corrected chi connectivity index (χ2v) is 6.52. The Bertz CT molecular complexity index is 628. The van der Waals surface area contributed by atoms with E-state index in [0.717, 1.165) is 29.9 Å². The Labute approximate surface area is 154 Å². The van der Waals surface area contributed by atoms with Gasteiger partial charge in [0, 0.05) is 18.5 Å². The number of amides is 1. The molecule has 1 amide bonds. The van der Waals surface area contributed by atoms with Gasteiger partial charge in [-0.3, -0.25) is 14.5 Å². The van der Waals surface area contributed by atoms with Crippen LogP contribution in [0.1, 0.15) is 31.7 Å². The number of nitrogens with zero attached hydrogens (tertiary/aromatic N) is 1. The summed E-state index contributed by atoms with van der Waals surface area (Å²) in [5, 5.41) is 12.0. The number of carboxylic acid groups (broad SMARTS) is 1. The number of aryl methyl sites for hydroxylation is 1. The van der Waals surface area contributed by atoms with Gasteiger partial charge in [0.2, 0.25) is 5.91 Å². The summed E-state index contributed by atoms with van der Waals surface area (Å²) >= 11 is 0. The molecule has 0 bridgehead atoms. The fourth-order valence-electron chi connectivity index (χ4n) is 3.30. The van der Waals surface area contributed by atoms with Gasteiger partial charge in [-0.1, -0.05) is 6.92 Å². The minimum absolute atomic E-state index is 0.000365. The predicted octanol–water partition coefficient (Wildman–Crippen LogP) is 1.69. The summed E-state index contributed by atoms with van der Waals surface area (Å²) in [5.41, 5.74) is 0.937. The second-order valence-electron chi connectivity index (χ2n) is 6.52. The highest BCUT2D eigenvalue weighted by Crippen LogP contribution is 2.27. The molecule has 0 aliphatic heterocycles. The monoisotopic (exact) mass is 364 g/mol. The maximum Gasteiger partial charge on any atom is 0.317 e. The number of benzene rings is 1. The Morgan fingerprint density at radius 1 is 1.27 bits per heavy atom. The maximum absolute atomic E-state index is 12.2. The summed E-state index contributed by atoms with van der Waals surface area (Å²) < 4.78 is 10.6. The summed E-state index contributed by atoms with van der Waals surface area (Å²) in [6, 6.07) is 5.91. The molecule has 0 radical (unpaired) electrons. The van der Waals surface area contributed by atoms with Crippen molar-refractivity contribution in [1.29, 1.82) is 0 Å². The van der Waals surface area contributed by atoms with Gasteiger partial charge in [0.1, 0.15) is 11.5 Å². The number of hydrogen-bond donors (Lipinski definition) is 2. The third kappa shape index (κ3) is 5.36. The molecule has 144 valence electrons. The first kappa shape index (κ1) is 20.0. The van der Waals surface area contributed by atoms with Gasteiger partial charge in [-0.05, 0) is 49.6 Å². The van der Waals surface area contributed by atoms with Crippen LogP contribution < -0.4 is 14.8 Å². The third-order valence-corrected chi connectivity index (χ3v) is 4.85. The van der Waals surface area contributed by atoms with Crippen LogP contribution in [0.25, 0.3) is 0 Å². The standard InChI is InChI=1S/C19H28N2O5/c1-4-21(12-19(23)24)15-10-14(11-15)20-18(22)8-5-13-9-16(25-2)6-7-17(13)26-3/h6-7,9,14-15H,4-5,8,10-12H2,1-3H3,(H,20,22)(H,23,24). The molecule has 7 nitrogen and oxygen atoms in total. The third-order valence-electron chi connectivity index (χ3n) is 4.85. The highest BCUT2D eigenvalue weighted by Gasteiger charge is 2.34. The van der Waals surface area contributed by atoms with Gasteiger partial charge in [-0.25, -0.2) is 0 Å². The van der Waals surface area contributed by atoms with Crippen molar-refractivity contribution in [2.24, 2.45) is 0 Å². The van der Waals surface area contributed by atoms with Crippen molar-refractivity contribution >= 4 is 11.9 Å². The van der Waals surface area contributed by atoms with Crippen molar-refractivity contribution < 1.29 is 24.2 Å². The number of carbonyl (C=O) groups is 2. The normalized spacial score (nSPS) is 18.9. The van der Waals surface area contributed by atoms with Crippen molar-refractivity contribution in [3.05, 3.63) is 23.8 Å². The zero-order valence-electron chi connectivity index (χ0n) is 15.7. The number of nitrogens with one attached hydrogen (secondary N) is 1. The first-order valence-electron chi connectivity index (χ1n) is 8.92. The topological polar surface area (TPSA) is 88.1 Å². The highest BCUT2D eigenvalue weighted by molar-refractivity contribution is 5.76. The first-order chi connectivity index (χ1) is 12.5. The van der Waals surface area contributed by atoms with E-state index in [1.807, 2.05) is 30.0 Å². The van der Waals surface area contributed by atoms with Gasteiger partial charge in [0.05, 0.1) is 20.8 Å². The molecule has 2 N–H and O–H groups in total. The molecule has 0 aromatic heterocycles. The number of methoxy groups -OCH3 is 2. The fraction of sp³-hybridized carbons (Fsp3) is 0.579. The maximum atomic E-state index is 12.2. The van der Waals surface area contributed by atoms with Crippen LogP contribution in [0.4, 0.5) is 0 Å². The molecule has 1 fully saturated rings. The van der Waals surface area contributed by atoms with Crippen molar-refractivity contribution in [3.63, 3.8) is 0 Å². The Morgan fingerprint density at radius 2 is 2.00 bits per heavy atom. The number of aliphatic carboxylic acids is 1. The molecular weight excluding hydrogens is 336 g/mol. The number of carboxylic acids is 1. The molecule has 1 aliphatic rings. The van der Waals surface area contributed by atoms with Gasteiger partial charge in [0.25, 0.3) is 0 Å². The van der Waals surface area contributed by atoms with Crippen LogP contribution in [-0.4, -0.2) is 61.3 Å².